The van der Waals surface area contributed by atoms with Crippen LogP contribution < -0.4 is 0 Å². The molecule has 0 unspecified atom stereocenters. The average molecular weight is 379 g/mol. The first-order valence-electron chi connectivity index (χ1n) is 12.5. The minimum atomic E-state index is 0.712. The second kappa shape index (κ2) is 25.4. The zero-order valence-corrected chi connectivity index (χ0v) is 18.7. The average Bonchev–Trinajstić information content (AvgIpc) is 2.68. The highest BCUT2D eigenvalue weighted by molar-refractivity contribution is 5.48. The molecule has 0 atom stereocenters. The molecule has 0 rings (SSSR count). The highest BCUT2D eigenvalue weighted by Crippen LogP contribution is 2.14. The molecule has 0 saturated carbocycles. The molecule has 0 heterocycles. The van der Waals surface area contributed by atoms with Crippen molar-refractivity contribution in [2.75, 3.05) is 0 Å². The molecule has 0 aliphatic carbocycles. The van der Waals surface area contributed by atoms with E-state index >= 15 is 0 Å². The van der Waals surface area contributed by atoms with Crippen molar-refractivity contribution >= 4 is 6.29 Å². The fourth-order valence-corrected chi connectivity index (χ4v) is 3.72. The predicted octanol–water partition coefficient (Wildman–Crippen LogP) is 9.34. The lowest BCUT2D eigenvalue weighted by atomic mass is 10.0. The Morgan fingerprint density at radius 1 is 0.407 bits per heavy atom. The molecule has 0 aromatic heterocycles. The summed E-state index contributed by atoms with van der Waals surface area (Å²) in [7, 11) is 0. The second-order valence-electron chi connectivity index (χ2n) is 8.37. The number of aldehydes is 1. The van der Waals surface area contributed by atoms with E-state index in [0.29, 0.717) is 6.42 Å². The molecule has 0 radical (unpaired) electrons. The van der Waals surface area contributed by atoms with Gasteiger partial charge in [-0.15, -0.1) is 0 Å². The molecule has 0 aromatic carbocycles. The predicted molar refractivity (Wildman–Crippen MR) is 122 cm³/mol. The fourth-order valence-electron chi connectivity index (χ4n) is 3.72. The quantitative estimate of drug-likeness (QED) is 0.0982. The van der Waals surface area contributed by atoms with Gasteiger partial charge >= 0.3 is 0 Å². The molecule has 160 valence electrons. The summed E-state index contributed by atoms with van der Waals surface area (Å²) in [5, 5.41) is 0. The van der Waals surface area contributed by atoms with Gasteiger partial charge in [0.2, 0.25) is 0 Å². The van der Waals surface area contributed by atoms with Crippen molar-refractivity contribution in [3.63, 3.8) is 0 Å². The van der Waals surface area contributed by atoms with Gasteiger partial charge in [0.1, 0.15) is 6.29 Å². The Hall–Kier alpha value is -0.590. The van der Waals surface area contributed by atoms with Crippen molar-refractivity contribution in [1.29, 1.82) is 0 Å². The number of hydrogen-bond acceptors (Lipinski definition) is 1. The Morgan fingerprint density at radius 2 is 0.741 bits per heavy atom. The van der Waals surface area contributed by atoms with Crippen LogP contribution in [0.2, 0.25) is 0 Å². The summed E-state index contributed by atoms with van der Waals surface area (Å²) in [6.07, 6.45) is 35.5. The normalized spacial score (nSPS) is 11.4. The van der Waals surface area contributed by atoms with Crippen molar-refractivity contribution in [2.24, 2.45) is 0 Å². The molecule has 27 heavy (non-hydrogen) atoms. The molecule has 0 aliphatic rings. The van der Waals surface area contributed by atoms with Crippen LogP contribution in [0.15, 0.2) is 12.2 Å². The molecule has 0 fully saturated rings. The summed E-state index contributed by atoms with van der Waals surface area (Å²) in [5.74, 6) is 0. The van der Waals surface area contributed by atoms with E-state index in [2.05, 4.69) is 19.1 Å². The van der Waals surface area contributed by atoms with E-state index in [4.69, 9.17) is 0 Å². The number of unbranched alkanes of at least 4 members (excludes halogenated alkanes) is 20. The highest BCUT2D eigenvalue weighted by Gasteiger charge is 1.95. The van der Waals surface area contributed by atoms with Gasteiger partial charge in [0.25, 0.3) is 0 Å². The summed E-state index contributed by atoms with van der Waals surface area (Å²) in [4.78, 5) is 10.2. The lowest BCUT2D eigenvalue weighted by Gasteiger charge is -2.03. The lowest BCUT2D eigenvalue weighted by molar-refractivity contribution is -0.107. The third-order valence-corrected chi connectivity index (χ3v) is 5.58. The summed E-state index contributed by atoms with van der Waals surface area (Å²) in [6.45, 7) is 2.29. The molecular formula is C26H50O. The number of carbonyl (C=O) groups is 1. The van der Waals surface area contributed by atoms with Crippen molar-refractivity contribution in [3.05, 3.63) is 12.2 Å². The van der Waals surface area contributed by atoms with Crippen LogP contribution in [0.3, 0.4) is 0 Å². The van der Waals surface area contributed by atoms with E-state index in [1.54, 1.807) is 0 Å². The van der Waals surface area contributed by atoms with Crippen LogP contribution in [0.1, 0.15) is 148 Å². The number of rotatable bonds is 23. The Balaban J connectivity index is 3.02. The van der Waals surface area contributed by atoms with Gasteiger partial charge in [0.05, 0.1) is 0 Å². The number of carbonyl (C=O) groups excluding carboxylic acids is 1. The Kier molecular flexibility index (Phi) is 24.9. The fraction of sp³-hybridized carbons (Fsp3) is 0.885. The smallest absolute Gasteiger partial charge is 0.120 e. The zero-order valence-electron chi connectivity index (χ0n) is 18.7. The van der Waals surface area contributed by atoms with E-state index in [1.807, 2.05) is 0 Å². The van der Waals surface area contributed by atoms with Gasteiger partial charge in [-0.25, -0.2) is 0 Å². The zero-order chi connectivity index (χ0) is 19.7. The lowest BCUT2D eigenvalue weighted by Crippen LogP contribution is -1.84. The van der Waals surface area contributed by atoms with Gasteiger partial charge in [-0.2, -0.15) is 0 Å². The number of allylic oxidation sites excluding steroid dienone is 2. The topological polar surface area (TPSA) is 17.1 Å². The molecule has 0 bridgehead atoms. The first-order chi connectivity index (χ1) is 13.4. The second-order valence-corrected chi connectivity index (χ2v) is 8.37. The highest BCUT2D eigenvalue weighted by atomic mass is 16.1. The van der Waals surface area contributed by atoms with E-state index in [-0.39, 0.29) is 0 Å². The van der Waals surface area contributed by atoms with Crippen LogP contribution in [-0.2, 0) is 4.79 Å². The summed E-state index contributed by atoms with van der Waals surface area (Å²) in [6, 6.07) is 0. The van der Waals surface area contributed by atoms with Gasteiger partial charge in [0, 0.05) is 6.42 Å². The van der Waals surface area contributed by atoms with E-state index in [0.717, 1.165) is 19.1 Å². The maximum absolute atomic E-state index is 10.2. The van der Waals surface area contributed by atoms with Gasteiger partial charge in [-0.05, 0) is 25.7 Å². The Morgan fingerprint density at radius 3 is 1.11 bits per heavy atom. The molecule has 1 heteroatoms. The van der Waals surface area contributed by atoms with Crippen LogP contribution in [-0.4, -0.2) is 6.29 Å². The number of hydrogen-bond donors (Lipinski definition) is 0. The Labute approximate surface area is 171 Å². The van der Waals surface area contributed by atoms with Crippen LogP contribution in [0.4, 0.5) is 0 Å². The molecule has 0 amide bonds. The largest absolute Gasteiger partial charge is 0.303 e. The summed E-state index contributed by atoms with van der Waals surface area (Å²) in [5.41, 5.74) is 0. The third kappa shape index (κ3) is 25.4. The van der Waals surface area contributed by atoms with Gasteiger partial charge in [0.15, 0.2) is 0 Å². The van der Waals surface area contributed by atoms with Crippen LogP contribution in [0.25, 0.3) is 0 Å². The molecule has 0 saturated heterocycles. The first-order valence-corrected chi connectivity index (χ1v) is 12.5. The van der Waals surface area contributed by atoms with E-state index in [9.17, 15) is 4.79 Å². The van der Waals surface area contributed by atoms with E-state index in [1.165, 1.54) is 122 Å². The first kappa shape index (κ1) is 26.4. The molecule has 0 aromatic rings. The third-order valence-electron chi connectivity index (χ3n) is 5.58. The van der Waals surface area contributed by atoms with Gasteiger partial charge < -0.3 is 4.79 Å². The molecule has 0 spiro atoms. The summed E-state index contributed by atoms with van der Waals surface area (Å²) < 4.78 is 0. The SMILES string of the molecule is CCCCCCCCCCCCCCCCCCCC/C=C/CCCC=O. The molecule has 0 N–H and O–H groups in total. The molecule has 0 aliphatic heterocycles. The van der Waals surface area contributed by atoms with Crippen molar-refractivity contribution in [1.82, 2.24) is 0 Å². The molecule has 1 nitrogen and oxygen atoms in total. The van der Waals surface area contributed by atoms with Crippen LogP contribution in [0, 0.1) is 0 Å². The maximum Gasteiger partial charge on any atom is 0.120 e. The minimum absolute atomic E-state index is 0.712. The maximum atomic E-state index is 10.2. The monoisotopic (exact) mass is 378 g/mol. The van der Waals surface area contributed by atoms with Gasteiger partial charge in [-0.3, -0.25) is 0 Å². The molecular weight excluding hydrogens is 328 g/mol. The van der Waals surface area contributed by atoms with Crippen molar-refractivity contribution in [2.45, 2.75) is 148 Å². The van der Waals surface area contributed by atoms with Crippen LogP contribution in [0.5, 0.6) is 0 Å². The standard InChI is InChI=1S/C26H50O/c1-2-3-4-5-6-7-8-9-10-11-12-13-14-15-16-17-18-19-20-21-22-23-24-25-26-27/h21-22,26H,2-20,23-25H2,1H3/b22-21+. The summed E-state index contributed by atoms with van der Waals surface area (Å²) >= 11 is 0. The van der Waals surface area contributed by atoms with Crippen molar-refractivity contribution < 1.29 is 4.79 Å². The minimum Gasteiger partial charge on any atom is -0.303 e. The van der Waals surface area contributed by atoms with Gasteiger partial charge in [-0.1, -0.05) is 128 Å². The Bertz CT molecular complexity index is 295. The van der Waals surface area contributed by atoms with Crippen molar-refractivity contribution in [3.8, 4) is 0 Å². The van der Waals surface area contributed by atoms with E-state index < -0.39 is 0 Å². The van der Waals surface area contributed by atoms with Crippen LogP contribution >= 0.6 is 0 Å².